The van der Waals surface area contributed by atoms with E-state index in [1.54, 1.807) is 0 Å². The topological polar surface area (TPSA) is 41.6 Å². The summed E-state index contributed by atoms with van der Waals surface area (Å²) in [4.78, 5) is 14.6. The first-order chi connectivity index (χ1) is 9.76. The van der Waals surface area contributed by atoms with Crippen molar-refractivity contribution in [2.45, 2.75) is 32.7 Å². The van der Waals surface area contributed by atoms with E-state index in [0.717, 1.165) is 38.2 Å². The second kappa shape index (κ2) is 7.29. The summed E-state index contributed by atoms with van der Waals surface area (Å²) in [7, 11) is 0. The lowest BCUT2D eigenvalue weighted by Crippen LogP contribution is -2.41. The van der Waals surface area contributed by atoms with Crippen molar-refractivity contribution in [1.29, 1.82) is 0 Å². The predicted octanol–water partition coefficient (Wildman–Crippen LogP) is 2.30. The fraction of sp³-hybridized carbons (Fsp3) is 0.562. The van der Waals surface area contributed by atoms with Gasteiger partial charge in [0, 0.05) is 24.7 Å². The van der Waals surface area contributed by atoms with Crippen molar-refractivity contribution in [1.82, 2.24) is 10.2 Å². The molecule has 1 aliphatic heterocycles. The van der Waals surface area contributed by atoms with Gasteiger partial charge < -0.3 is 15.0 Å². The molecule has 1 aromatic carbocycles. The largest absolute Gasteiger partial charge is 0.494 e. The highest BCUT2D eigenvalue weighted by Crippen LogP contribution is 2.18. The maximum absolute atomic E-state index is 12.6. The molecule has 2 rings (SSSR count). The molecule has 1 atom stereocenters. The number of rotatable bonds is 6. The van der Waals surface area contributed by atoms with Crippen LogP contribution in [-0.4, -0.2) is 43.1 Å². The number of amides is 1. The number of hydrogen-bond donors (Lipinski definition) is 1. The van der Waals surface area contributed by atoms with Gasteiger partial charge in [-0.2, -0.15) is 0 Å². The average Bonchev–Trinajstić information content (AvgIpc) is 3.00. The van der Waals surface area contributed by atoms with Crippen molar-refractivity contribution >= 4 is 5.91 Å². The summed E-state index contributed by atoms with van der Waals surface area (Å²) in [5, 5.41) is 3.31. The van der Waals surface area contributed by atoms with Crippen molar-refractivity contribution in [2.24, 2.45) is 0 Å². The molecule has 1 amide bonds. The summed E-state index contributed by atoms with van der Waals surface area (Å²) >= 11 is 0. The zero-order valence-corrected chi connectivity index (χ0v) is 12.4. The van der Waals surface area contributed by atoms with Gasteiger partial charge in [0.1, 0.15) is 5.75 Å². The lowest BCUT2D eigenvalue weighted by atomic mass is 10.1. The van der Waals surface area contributed by atoms with Crippen LogP contribution >= 0.6 is 0 Å². The molecule has 110 valence electrons. The maximum Gasteiger partial charge on any atom is 0.254 e. The van der Waals surface area contributed by atoms with Gasteiger partial charge in [-0.15, -0.1) is 0 Å². The van der Waals surface area contributed by atoms with E-state index in [9.17, 15) is 4.79 Å². The molecule has 0 radical (unpaired) electrons. The summed E-state index contributed by atoms with van der Waals surface area (Å²) in [5.74, 6) is 0.876. The van der Waals surface area contributed by atoms with Crippen LogP contribution in [0, 0.1) is 0 Å². The number of likely N-dealkylation sites (N-methyl/N-ethyl adjacent to an activating group) is 1. The van der Waals surface area contributed by atoms with Gasteiger partial charge >= 0.3 is 0 Å². The van der Waals surface area contributed by atoms with Crippen LogP contribution in [0.3, 0.4) is 0 Å². The lowest BCUT2D eigenvalue weighted by Gasteiger charge is -2.27. The van der Waals surface area contributed by atoms with E-state index < -0.39 is 0 Å². The third-order valence-electron chi connectivity index (χ3n) is 3.63. The first-order valence-corrected chi connectivity index (χ1v) is 7.50. The standard InChI is InChI=1S/C16H24N2O2/c1-3-10-20-15-7-5-6-13(11-15)16(19)18(4-2)14-8-9-17-12-14/h5-7,11,14,17H,3-4,8-10,12H2,1-2H3. The van der Waals surface area contributed by atoms with Crippen LogP contribution in [0.2, 0.25) is 0 Å². The van der Waals surface area contributed by atoms with Gasteiger partial charge in [0.15, 0.2) is 0 Å². The Bertz CT molecular complexity index is 442. The Balaban J connectivity index is 2.10. The highest BCUT2D eigenvalue weighted by atomic mass is 16.5. The molecule has 0 spiro atoms. The van der Waals surface area contributed by atoms with E-state index in [2.05, 4.69) is 12.2 Å². The van der Waals surface area contributed by atoms with E-state index in [1.165, 1.54) is 0 Å². The summed E-state index contributed by atoms with van der Waals surface area (Å²) in [6.45, 7) is 7.42. The molecule has 1 aliphatic rings. The van der Waals surface area contributed by atoms with E-state index in [1.807, 2.05) is 36.1 Å². The molecule has 1 fully saturated rings. The molecular formula is C16H24N2O2. The minimum absolute atomic E-state index is 0.100. The quantitative estimate of drug-likeness (QED) is 0.867. The highest BCUT2D eigenvalue weighted by molar-refractivity contribution is 5.94. The Hall–Kier alpha value is -1.55. The Kier molecular flexibility index (Phi) is 5.41. The number of benzene rings is 1. The predicted molar refractivity (Wildman–Crippen MR) is 80.2 cm³/mol. The van der Waals surface area contributed by atoms with Crippen molar-refractivity contribution < 1.29 is 9.53 Å². The summed E-state index contributed by atoms with van der Waals surface area (Å²) in [6.07, 6.45) is 2.00. The summed E-state index contributed by atoms with van der Waals surface area (Å²) in [6, 6.07) is 7.82. The van der Waals surface area contributed by atoms with Gasteiger partial charge in [-0.3, -0.25) is 4.79 Å². The van der Waals surface area contributed by atoms with Gasteiger partial charge in [-0.1, -0.05) is 13.0 Å². The highest BCUT2D eigenvalue weighted by Gasteiger charge is 2.26. The van der Waals surface area contributed by atoms with Crippen molar-refractivity contribution in [3.8, 4) is 5.75 Å². The van der Waals surface area contributed by atoms with E-state index in [-0.39, 0.29) is 5.91 Å². The minimum atomic E-state index is 0.100. The third kappa shape index (κ3) is 3.51. The van der Waals surface area contributed by atoms with Crippen molar-refractivity contribution in [3.63, 3.8) is 0 Å². The number of hydrogen-bond acceptors (Lipinski definition) is 3. The molecule has 1 heterocycles. The molecular weight excluding hydrogens is 252 g/mol. The van der Waals surface area contributed by atoms with Gasteiger partial charge in [-0.25, -0.2) is 0 Å². The molecule has 4 heteroatoms. The monoisotopic (exact) mass is 276 g/mol. The normalized spacial score (nSPS) is 18.0. The number of carbonyl (C=O) groups excluding carboxylic acids is 1. The van der Waals surface area contributed by atoms with Crippen LogP contribution < -0.4 is 10.1 Å². The molecule has 1 N–H and O–H groups in total. The zero-order chi connectivity index (χ0) is 14.4. The van der Waals surface area contributed by atoms with Crippen LogP contribution in [0.25, 0.3) is 0 Å². The van der Waals surface area contributed by atoms with Crippen molar-refractivity contribution in [3.05, 3.63) is 29.8 Å². The Morgan fingerprint density at radius 3 is 2.95 bits per heavy atom. The Morgan fingerprint density at radius 2 is 2.30 bits per heavy atom. The van der Waals surface area contributed by atoms with Crippen LogP contribution in [0.4, 0.5) is 0 Å². The Labute approximate surface area is 121 Å². The van der Waals surface area contributed by atoms with Crippen LogP contribution in [-0.2, 0) is 0 Å². The smallest absolute Gasteiger partial charge is 0.254 e. The molecule has 4 nitrogen and oxygen atoms in total. The first-order valence-electron chi connectivity index (χ1n) is 7.50. The minimum Gasteiger partial charge on any atom is -0.494 e. The molecule has 1 aromatic rings. The third-order valence-corrected chi connectivity index (χ3v) is 3.63. The molecule has 0 aliphatic carbocycles. The Morgan fingerprint density at radius 1 is 1.45 bits per heavy atom. The number of ether oxygens (including phenoxy) is 1. The first kappa shape index (κ1) is 14.9. The molecule has 0 saturated carbocycles. The van der Waals surface area contributed by atoms with E-state index in [0.29, 0.717) is 18.2 Å². The number of nitrogens with zero attached hydrogens (tertiary/aromatic N) is 1. The average molecular weight is 276 g/mol. The van der Waals surface area contributed by atoms with Gasteiger partial charge in [0.2, 0.25) is 0 Å². The van der Waals surface area contributed by atoms with Crippen LogP contribution in [0.15, 0.2) is 24.3 Å². The fourth-order valence-corrected chi connectivity index (χ4v) is 2.58. The van der Waals surface area contributed by atoms with Gasteiger partial charge in [0.05, 0.1) is 6.61 Å². The van der Waals surface area contributed by atoms with Gasteiger partial charge in [0.25, 0.3) is 5.91 Å². The molecule has 20 heavy (non-hydrogen) atoms. The molecule has 0 aromatic heterocycles. The molecule has 0 bridgehead atoms. The number of carbonyl (C=O) groups is 1. The lowest BCUT2D eigenvalue weighted by molar-refractivity contribution is 0.0703. The van der Waals surface area contributed by atoms with Crippen LogP contribution in [0.1, 0.15) is 37.0 Å². The van der Waals surface area contributed by atoms with E-state index >= 15 is 0 Å². The summed E-state index contributed by atoms with van der Waals surface area (Å²) in [5.41, 5.74) is 0.715. The summed E-state index contributed by atoms with van der Waals surface area (Å²) < 4.78 is 5.60. The number of nitrogens with one attached hydrogen (secondary N) is 1. The SMILES string of the molecule is CCCOc1cccc(C(=O)N(CC)C2CCNC2)c1. The second-order valence-electron chi connectivity index (χ2n) is 5.11. The van der Waals surface area contributed by atoms with Crippen molar-refractivity contribution in [2.75, 3.05) is 26.2 Å². The van der Waals surface area contributed by atoms with E-state index in [4.69, 9.17) is 4.74 Å². The molecule has 1 unspecified atom stereocenters. The zero-order valence-electron chi connectivity index (χ0n) is 12.4. The maximum atomic E-state index is 12.6. The fourth-order valence-electron chi connectivity index (χ4n) is 2.58. The molecule has 1 saturated heterocycles. The van der Waals surface area contributed by atoms with Gasteiger partial charge in [-0.05, 0) is 44.5 Å². The van der Waals surface area contributed by atoms with Crippen LogP contribution in [0.5, 0.6) is 5.75 Å². The second-order valence-corrected chi connectivity index (χ2v) is 5.11.